The van der Waals surface area contributed by atoms with E-state index in [1.807, 2.05) is 4.90 Å². The van der Waals surface area contributed by atoms with E-state index in [1.54, 1.807) is 30.7 Å². The minimum absolute atomic E-state index is 0.0417. The highest BCUT2D eigenvalue weighted by atomic mass is 16.2. The summed E-state index contributed by atoms with van der Waals surface area (Å²) in [6.07, 6.45) is 12.5. The molecule has 0 unspecified atom stereocenters. The lowest BCUT2D eigenvalue weighted by Crippen LogP contribution is -2.49. The van der Waals surface area contributed by atoms with Gasteiger partial charge in [-0.05, 0) is 25.0 Å². The van der Waals surface area contributed by atoms with Gasteiger partial charge in [0.15, 0.2) is 0 Å². The van der Waals surface area contributed by atoms with Crippen molar-refractivity contribution >= 4 is 17.8 Å². The standard InChI is InChI=1S/C20H27N7O/c28-18(26-12-14-27(15-13-26)20-22-9-5-10-23-20)17-8-11-21-19(25-17)24-16-6-3-1-2-4-7-16/h5,8-11,16H,1-4,6-7,12-15H2,(H,21,24,25). The Morgan fingerprint density at radius 2 is 1.64 bits per heavy atom. The van der Waals surface area contributed by atoms with E-state index < -0.39 is 0 Å². The fourth-order valence-corrected chi connectivity index (χ4v) is 3.88. The lowest BCUT2D eigenvalue weighted by atomic mass is 10.1. The molecule has 28 heavy (non-hydrogen) atoms. The molecule has 148 valence electrons. The van der Waals surface area contributed by atoms with E-state index in [0.717, 1.165) is 12.8 Å². The van der Waals surface area contributed by atoms with Crippen molar-refractivity contribution in [3.63, 3.8) is 0 Å². The van der Waals surface area contributed by atoms with Crippen molar-refractivity contribution in [1.29, 1.82) is 0 Å². The smallest absolute Gasteiger partial charge is 0.272 e. The van der Waals surface area contributed by atoms with Crippen LogP contribution in [0.4, 0.5) is 11.9 Å². The van der Waals surface area contributed by atoms with Crippen LogP contribution in [0.1, 0.15) is 49.0 Å². The van der Waals surface area contributed by atoms with Crippen molar-refractivity contribution in [2.75, 3.05) is 36.4 Å². The van der Waals surface area contributed by atoms with Crippen molar-refractivity contribution < 1.29 is 4.79 Å². The molecule has 1 N–H and O–H groups in total. The molecule has 2 aromatic heterocycles. The van der Waals surface area contributed by atoms with E-state index in [-0.39, 0.29) is 5.91 Å². The molecule has 0 atom stereocenters. The molecule has 1 saturated heterocycles. The largest absolute Gasteiger partial charge is 0.351 e. The van der Waals surface area contributed by atoms with Crippen molar-refractivity contribution in [1.82, 2.24) is 24.8 Å². The molecule has 4 rings (SSSR count). The summed E-state index contributed by atoms with van der Waals surface area (Å²) in [7, 11) is 0. The zero-order valence-corrected chi connectivity index (χ0v) is 16.1. The first-order chi connectivity index (χ1) is 13.8. The molecular weight excluding hydrogens is 354 g/mol. The molecule has 1 aliphatic carbocycles. The minimum atomic E-state index is -0.0417. The van der Waals surface area contributed by atoms with Crippen molar-refractivity contribution in [2.24, 2.45) is 0 Å². The number of aromatic nitrogens is 4. The van der Waals surface area contributed by atoms with Crippen molar-refractivity contribution in [3.05, 3.63) is 36.4 Å². The van der Waals surface area contributed by atoms with Crippen molar-refractivity contribution in [2.45, 2.75) is 44.6 Å². The third-order valence-corrected chi connectivity index (χ3v) is 5.46. The molecule has 2 aromatic rings. The third kappa shape index (κ3) is 4.55. The van der Waals surface area contributed by atoms with Gasteiger partial charge in [-0.25, -0.2) is 19.9 Å². The van der Waals surface area contributed by atoms with Crippen LogP contribution in [0.2, 0.25) is 0 Å². The van der Waals surface area contributed by atoms with Gasteiger partial charge in [-0.3, -0.25) is 4.79 Å². The van der Waals surface area contributed by atoms with E-state index in [9.17, 15) is 4.79 Å². The molecule has 1 amide bonds. The van der Waals surface area contributed by atoms with Crippen LogP contribution in [0.25, 0.3) is 0 Å². The van der Waals surface area contributed by atoms with E-state index in [2.05, 4.69) is 30.2 Å². The van der Waals surface area contributed by atoms with Gasteiger partial charge >= 0.3 is 0 Å². The van der Waals surface area contributed by atoms with E-state index in [1.165, 1.54) is 25.7 Å². The van der Waals surface area contributed by atoms with Gasteiger partial charge in [0.25, 0.3) is 5.91 Å². The van der Waals surface area contributed by atoms with E-state index in [4.69, 9.17) is 0 Å². The summed E-state index contributed by atoms with van der Waals surface area (Å²) in [5.74, 6) is 1.24. The fraction of sp³-hybridized carbons (Fsp3) is 0.550. The Bertz CT molecular complexity index is 769. The van der Waals surface area contributed by atoms with Crippen LogP contribution >= 0.6 is 0 Å². The number of hydrogen-bond donors (Lipinski definition) is 1. The number of nitrogens with one attached hydrogen (secondary N) is 1. The monoisotopic (exact) mass is 381 g/mol. The topological polar surface area (TPSA) is 87.1 Å². The highest BCUT2D eigenvalue weighted by Gasteiger charge is 2.24. The molecule has 0 bridgehead atoms. The first-order valence-corrected chi connectivity index (χ1v) is 10.2. The minimum Gasteiger partial charge on any atom is -0.351 e. The summed E-state index contributed by atoms with van der Waals surface area (Å²) in [5, 5.41) is 3.43. The van der Waals surface area contributed by atoms with Gasteiger partial charge in [-0.15, -0.1) is 0 Å². The molecule has 1 aliphatic heterocycles. The first-order valence-electron chi connectivity index (χ1n) is 10.2. The van der Waals surface area contributed by atoms with Crippen LogP contribution < -0.4 is 10.2 Å². The molecule has 0 spiro atoms. The highest BCUT2D eigenvalue weighted by Crippen LogP contribution is 2.20. The second kappa shape index (κ2) is 8.95. The van der Waals surface area contributed by atoms with Gasteiger partial charge in [0.2, 0.25) is 11.9 Å². The number of anilines is 2. The molecular formula is C20H27N7O. The molecule has 0 radical (unpaired) electrons. The third-order valence-electron chi connectivity index (χ3n) is 5.46. The predicted octanol–water partition coefficient (Wildman–Crippen LogP) is 2.36. The first kappa shape index (κ1) is 18.6. The summed E-state index contributed by atoms with van der Waals surface area (Å²) in [6.45, 7) is 2.70. The van der Waals surface area contributed by atoms with Gasteiger partial charge in [0.1, 0.15) is 5.69 Å². The quantitative estimate of drug-likeness (QED) is 0.814. The van der Waals surface area contributed by atoms with Crippen LogP contribution in [0.15, 0.2) is 30.7 Å². The summed E-state index contributed by atoms with van der Waals surface area (Å²) in [5.41, 5.74) is 0.454. The second-order valence-electron chi connectivity index (χ2n) is 7.43. The van der Waals surface area contributed by atoms with Gasteiger partial charge < -0.3 is 15.1 Å². The SMILES string of the molecule is O=C(c1ccnc(NC2CCCCCC2)n1)N1CCN(c2ncccn2)CC1. The molecule has 8 heteroatoms. The zero-order chi connectivity index (χ0) is 19.2. The summed E-state index contributed by atoms with van der Waals surface area (Å²) in [4.78, 5) is 34.2. The Morgan fingerprint density at radius 3 is 2.36 bits per heavy atom. The molecule has 3 heterocycles. The lowest BCUT2D eigenvalue weighted by molar-refractivity contribution is 0.0740. The number of carbonyl (C=O) groups is 1. The Labute approximate surface area is 165 Å². The van der Waals surface area contributed by atoms with Gasteiger partial charge in [-0.1, -0.05) is 25.7 Å². The van der Waals surface area contributed by atoms with Crippen LogP contribution in [0.3, 0.4) is 0 Å². The molecule has 0 aromatic carbocycles. The Kier molecular flexibility index (Phi) is 5.94. The van der Waals surface area contributed by atoms with Gasteiger partial charge in [0, 0.05) is 50.8 Å². The molecule has 2 fully saturated rings. The number of carbonyl (C=O) groups excluding carboxylic acids is 1. The molecule has 1 saturated carbocycles. The number of amides is 1. The van der Waals surface area contributed by atoms with Crippen LogP contribution in [0.5, 0.6) is 0 Å². The number of nitrogens with zero attached hydrogens (tertiary/aromatic N) is 6. The zero-order valence-electron chi connectivity index (χ0n) is 16.1. The summed E-state index contributed by atoms with van der Waals surface area (Å²) >= 11 is 0. The Balaban J connectivity index is 1.36. The lowest BCUT2D eigenvalue weighted by Gasteiger charge is -2.34. The van der Waals surface area contributed by atoms with E-state index in [0.29, 0.717) is 49.8 Å². The fourth-order valence-electron chi connectivity index (χ4n) is 3.88. The maximum absolute atomic E-state index is 12.9. The predicted molar refractivity (Wildman–Crippen MR) is 107 cm³/mol. The average molecular weight is 381 g/mol. The van der Waals surface area contributed by atoms with Crippen LogP contribution in [-0.4, -0.2) is 63.0 Å². The average Bonchev–Trinajstić information content (AvgIpc) is 3.03. The Hall–Kier alpha value is -2.77. The molecule has 8 nitrogen and oxygen atoms in total. The summed E-state index contributed by atoms with van der Waals surface area (Å²) < 4.78 is 0. The van der Waals surface area contributed by atoms with Gasteiger partial charge in [-0.2, -0.15) is 0 Å². The van der Waals surface area contributed by atoms with E-state index >= 15 is 0 Å². The van der Waals surface area contributed by atoms with Crippen LogP contribution in [-0.2, 0) is 0 Å². The Morgan fingerprint density at radius 1 is 0.929 bits per heavy atom. The number of rotatable bonds is 4. The van der Waals surface area contributed by atoms with Gasteiger partial charge in [0.05, 0.1) is 0 Å². The normalized spacial score (nSPS) is 18.6. The maximum Gasteiger partial charge on any atom is 0.272 e. The maximum atomic E-state index is 12.9. The van der Waals surface area contributed by atoms with Crippen LogP contribution in [0, 0.1) is 0 Å². The van der Waals surface area contributed by atoms with Crippen molar-refractivity contribution in [3.8, 4) is 0 Å². The molecule has 2 aliphatic rings. The number of hydrogen-bond acceptors (Lipinski definition) is 7. The number of piperazine rings is 1. The highest BCUT2D eigenvalue weighted by molar-refractivity contribution is 5.92. The summed E-state index contributed by atoms with van der Waals surface area (Å²) in [6, 6.07) is 3.91. The second-order valence-corrected chi connectivity index (χ2v) is 7.43.